The van der Waals surface area contributed by atoms with Crippen LogP contribution in [0.3, 0.4) is 0 Å². The van der Waals surface area contributed by atoms with E-state index < -0.39 is 0 Å². The van der Waals surface area contributed by atoms with Crippen LogP contribution in [0, 0.1) is 11.7 Å². The molecule has 4 nitrogen and oxygen atoms in total. The summed E-state index contributed by atoms with van der Waals surface area (Å²) in [6, 6.07) is 5.92. The highest BCUT2D eigenvalue weighted by Gasteiger charge is 2.21. The van der Waals surface area contributed by atoms with Crippen LogP contribution in [0.2, 0.25) is 0 Å². The first-order valence-corrected chi connectivity index (χ1v) is 7.89. The number of anilines is 1. The number of benzene rings is 1. The van der Waals surface area contributed by atoms with E-state index in [1.807, 2.05) is 0 Å². The van der Waals surface area contributed by atoms with E-state index in [0.717, 1.165) is 25.7 Å². The molecule has 0 spiro atoms. The lowest BCUT2D eigenvalue weighted by Gasteiger charge is -2.24. The van der Waals surface area contributed by atoms with Crippen LogP contribution < -0.4 is 10.2 Å². The molecule has 0 heterocycles. The Balaban J connectivity index is 1.87. The maximum atomic E-state index is 13.3. The Morgan fingerprint density at radius 1 is 1.27 bits per heavy atom. The van der Waals surface area contributed by atoms with Crippen molar-refractivity contribution in [3.8, 4) is 0 Å². The molecular formula is C17H23FN2O2. The highest BCUT2D eigenvalue weighted by Crippen LogP contribution is 2.23. The lowest BCUT2D eigenvalue weighted by Crippen LogP contribution is -2.40. The molecule has 1 fully saturated rings. The highest BCUT2D eigenvalue weighted by molar-refractivity contribution is 5.91. The first-order chi connectivity index (χ1) is 10.6. The van der Waals surface area contributed by atoms with Gasteiger partial charge < -0.3 is 10.2 Å². The van der Waals surface area contributed by atoms with Crippen molar-refractivity contribution in [1.82, 2.24) is 5.32 Å². The third-order valence-electron chi connectivity index (χ3n) is 4.11. The van der Waals surface area contributed by atoms with E-state index in [-0.39, 0.29) is 23.5 Å². The van der Waals surface area contributed by atoms with Crippen LogP contribution in [-0.2, 0) is 9.59 Å². The number of carbonyl (C=O) groups is 2. The van der Waals surface area contributed by atoms with Crippen molar-refractivity contribution in [2.24, 2.45) is 5.92 Å². The van der Waals surface area contributed by atoms with Gasteiger partial charge in [-0.1, -0.05) is 25.3 Å². The summed E-state index contributed by atoms with van der Waals surface area (Å²) in [5.41, 5.74) is 0.513. The molecule has 2 rings (SSSR count). The van der Waals surface area contributed by atoms with Gasteiger partial charge in [-0.2, -0.15) is 0 Å². The maximum Gasteiger partial charge on any atom is 0.223 e. The third-order valence-corrected chi connectivity index (χ3v) is 4.11. The van der Waals surface area contributed by atoms with E-state index in [2.05, 4.69) is 5.32 Å². The van der Waals surface area contributed by atoms with Crippen LogP contribution >= 0.6 is 0 Å². The zero-order chi connectivity index (χ0) is 15.9. The molecule has 0 saturated heterocycles. The number of rotatable bonds is 5. The fourth-order valence-electron chi connectivity index (χ4n) is 2.91. The van der Waals surface area contributed by atoms with Crippen molar-refractivity contribution < 1.29 is 14.0 Å². The average Bonchev–Trinajstić information content (AvgIpc) is 2.51. The summed E-state index contributed by atoms with van der Waals surface area (Å²) in [4.78, 5) is 25.3. The molecule has 1 aliphatic rings. The first kappa shape index (κ1) is 16.5. The van der Waals surface area contributed by atoms with Gasteiger partial charge in [-0.3, -0.25) is 9.59 Å². The van der Waals surface area contributed by atoms with E-state index in [0.29, 0.717) is 18.8 Å². The molecular weight excluding hydrogens is 283 g/mol. The lowest BCUT2D eigenvalue weighted by atomic mass is 9.89. The van der Waals surface area contributed by atoms with Gasteiger partial charge in [-0.05, 0) is 31.0 Å². The molecule has 1 aromatic carbocycles. The molecule has 0 unspecified atom stereocenters. The number of hydrogen-bond acceptors (Lipinski definition) is 2. The van der Waals surface area contributed by atoms with Gasteiger partial charge in [0.15, 0.2) is 0 Å². The van der Waals surface area contributed by atoms with Gasteiger partial charge in [0.05, 0.1) is 0 Å². The van der Waals surface area contributed by atoms with E-state index in [1.165, 1.54) is 30.4 Å². The average molecular weight is 306 g/mol. The van der Waals surface area contributed by atoms with Crippen molar-refractivity contribution >= 4 is 17.5 Å². The second kappa shape index (κ2) is 7.92. The number of nitrogens with zero attached hydrogens (tertiary/aromatic N) is 1. The molecule has 2 amide bonds. The van der Waals surface area contributed by atoms with Gasteiger partial charge >= 0.3 is 0 Å². The quantitative estimate of drug-likeness (QED) is 0.909. The Kier molecular flexibility index (Phi) is 5.92. The number of hydrogen-bond donors (Lipinski definition) is 1. The molecule has 5 heteroatoms. The fraction of sp³-hybridized carbons (Fsp3) is 0.529. The van der Waals surface area contributed by atoms with Crippen LogP contribution in [0.15, 0.2) is 24.3 Å². The van der Waals surface area contributed by atoms with Gasteiger partial charge in [0, 0.05) is 31.6 Å². The zero-order valence-corrected chi connectivity index (χ0v) is 13.0. The Morgan fingerprint density at radius 2 is 2.00 bits per heavy atom. The van der Waals surface area contributed by atoms with E-state index in [9.17, 15) is 14.0 Å². The van der Waals surface area contributed by atoms with Crippen LogP contribution in [0.5, 0.6) is 0 Å². The van der Waals surface area contributed by atoms with E-state index in [1.54, 1.807) is 12.1 Å². The van der Waals surface area contributed by atoms with Crippen LogP contribution in [0.4, 0.5) is 10.1 Å². The summed E-state index contributed by atoms with van der Waals surface area (Å²) in [6.07, 6.45) is 5.33. The predicted molar refractivity (Wildman–Crippen MR) is 84.0 cm³/mol. The molecule has 1 aliphatic carbocycles. The van der Waals surface area contributed by atoms with Crippen molar-refractivity contribution in [3.63, 3.8) is 0 Å². The van der Waals surface area contributed by atoms with Gasteiger partial charge in [0.1, 0.15) is 5.82 Å². The van der Waals surface area contributed by atoms with Gasteiger partial charge in [0.25, 0.3) is 0 Å². The van der Waals surface area contributed by atoms with Crippen LogP contribution in [0.1, 0.15) is 39.0 Å². The minimum absolute atomic E-state index is 0.0717. The molecule has 0 radical (unpaired) electrons. The molecule has 22 heavy (non-hydrogen) atoms. The Morgan fingerprint density at radius 3 is 2.64 bits per heavy atom. The SMILES string of the molecule is CC(=O)N(CCNC(=O)C1CCCCC1)c1cccc(F)c1. The standard InChI is InChI=1S/C17H23FN2O2/c1-13(21)20(16-9-5-8-15(18)12-16)11-10-19-17(22)14-6-3-2-4-7-14/h5,8-9,12,14H,2-4,6-7,10-11H2,1H3,(H,19,22). The summed E-state index contributed by atoms with van der Waals surface area (Å²) in [6.45, 7) is 2.16. The number of nitrogens with one attached hydrogen (secondary N) is 1. The Hall–Kier alpha value is -1.91. The maximum absolute atomic E-state index is 13.3. The zero-order valence-electron chi connectivity index (χ0n) is 13.0. The molecule has 1 N–H and O–H groups in total. The monoisotopic (exact) mass is 306 g/mol. The molecule has 0 aromatic heterocycles. The van der Waals surface area contributed by atoms with Crippen molar-refractivity contribution in [1.29, 1.82) is 0 Å². The summed E-state index contributed by atoms with van der Waals surface area (Å²) < 4.78 is 13.3. The number of carbonyl (C=O) groups excluding carboxylic acids is 2. The summed E-state index contributed by atoms with van der Waals surface area (Å²) in [5, 5.41) is 2.90. The molecule has 0 bridgehead atoms. The smallest absolute Gasteiger partial charge is 0.223 e. The second-order valence-electron chi connectivity index (χ2n) is 5.78. The first-order valence-electron chi connectivity index (χ1n) is 7.89. The van der Waals surface area contributed by atoms with E-state index in [4.69, 9.17) is 0 Å². The van der Waals surface area contributed by atoms with Crippen LogP contribution in [-0.4, -0.2) is 24.9 Å². The lowest BCUT2D eigenvalue weighted by molar-refractivity contribution is -0.126. The summed E-state index contributed by atoms with van der Waals surface area (Å²) in [5.74, 6) is -0.372. The topological polar surface area (TPSA) is 49.4 Å². The Labute approximate surface area is 130 Å². The van der Waals surface area contributed by atoms with Crippen molar-refractivity contribution in [3.05, 3.63) is 30.1 Å². The normalized spacial score (nSPS) is 15.4. The minimum Gasteiger partial charge on any atom is -0.354 e. The Bertz CT molecular complexity index is 527. The summed E-state index contributed by atoms with van der Waals surface area (Å²) in [7, 11) is 0. The van der Waals surface area contributed by atoms with Crippen molar-refractivity contribution in [2.75, 3.05) is 18.0 Å². The minimum atomic E-state index is -0.380. The van der Waals surface area contributed by atoms with Gasteiger partial charge in [-0.15, -0.1) is 0 Å². The summed E-state index contributed by atoms with van der Waals surface area (Å²) >= 11 is 0. The second-order valence-corrected chi connectivity index (χ2v) is 5.78. The fourth-order valence-corrected chi connectivity index (χ4v) is 2.91. The van der Waals surface area contributed by atoms with Gasteiger partial charge in [-0.25, -0.2) is 4.39 Å². The largest absolute Gasteiger partial charge is 0.354 e. The van der Waals surface area contributed by atoms with Crippen molar-refractivity contribution in [2.45, 2.75) is 39.0 Å². The molecule has 1 saturated carbocycles. The van der Waals surface area contributed by atoms with Crippen LogP contribution in [0.25, 0.3) is 0 Å². The number of halogens is 1. The third kappa shape index (κ3) is 4.55. The molecule has 120 valence electrons. The molecule has 0 aliphatic heterocycles. The van der Waals surface area contributed by atoms with E-state index >= 15 is 0 Å². The highest BCUT2D eigenvalue weighted by atomic mass is 19.1. The number of amides is 2. The molecule has 0 atom stereocenters. The molecule has 1 aromatic rings. The predicted octanol–water partition coefficient (Wildman–Crippen LogP) is 2.88. The van der Waals surface area contributed by atoms with Gasteiger partial charge in [0.2, 0.25) is 11.8 Å².